The molecule has 1 N–H and O–H groups in total. The molecule has 2 unspecified atom stereocenters. The summed E-state index contributed by atoms with van der Waals surface area (Å²) >= 11 is 6.87. The first-order valence-electron chi connectivity index (χ1n) is 14.7. The quantitative estimate of drug-likeness (QED) is 0.276. The third-order valence-electron chi connectivity index (χ3n) is 9.35. The number of phenolic OH excluding ortho intramolecular Hbond substituents is 1. The molecule has 0 radical (unpaired) electrons. The second-order valence-corrected chi connectivity index (χ2v) is 12.5. The molecule has 9 nitrogen and oxygen atoms in total. The summed E-state index contributed by atoms with van der Waals surface area (Å²) in [6.07, 6.45) is 4.42. The van der Waals surface area contributed by atoms with E-state index in [4.69, 9.17) is 21.6 Å². The molecule has 2 saturated heterocycles. The molecule has 0 bridgehead atoms. The zero-order chi connectivity index (χ0) is 31.4. The van der Waals surface area contributed by atoms with E-state index in [1.54, 1.807) is 23.4 Å². The zero-order valence-electron chi connectivity index (χ0n) is 25.3. The summed E-state index contributed by atoms with van der Waals surface area (Å²) in [4.78, 5) is 28.2. The molecule has 6 rings (SSSR count). The number of anilines is 1. The van der Waals surface area contributed by atoms with Crippen molar-refractivity contribution in [2.24, 2.45) is 0 Å². The first-order chi connectivity index (χ1) is 21.0. The largest absolute Gasteiger partial charge is 0.508 e. The van der Waals surface area contributed by atoms with Crippen molar-refractivity contribution in [1.82, 2.24) is 24.3 Å². The Labute approximate surface area is 260 Å². The highest BCUT2D eigenvalue weighted by atomic mass is 35.5. The molecule has 4 heterocycles. The minimum atomic E-state index is -0.560. The van der Waals surface area contributed by atoms with E-state index in [9.17, 15) is 15.2 Å². The van der Waals surface area contributed by atoms with Crippen LogP contribution >= 0.6 is 11.6 Å². The molecular weight excluding hydrogens is 581 g/mol. The van der Waals surface area contributed by atoms with Gasteiger partial charge in [-0.15, -0.1) is 0 Å². The van der Waals surface area contributed by atoms with Crippen LogP contribution in [0.4, 0.5) is 10.2 Å². The number of nitrogens with zero attached hydrogens (tertiary/aromatic N) is 7. The van der Waals surface area contributed by atoms with E-state index >= 15 is 4.39 Å². The maximum absolute atomic E-state index is 16.8. The highest BCUT2D eigenvalue weighted by Crippen LogP contribution is 2.44. The SMILES string of the molecule is C=CC(=O)N1CCC(n2cnc3c(N4CC(N(C)C)C4)nc4c(F)c(-c5cc(O)cc(C)c5C)c(Cl)cc4c32)CC1CC#N. The fraction of sp³-hybridized carbons (Fsp3) is 0.394. The van der Waals surface area contributed by atoms with E-state index in [2.05, 4.69) is 22.4 Å². The monoisotopic (exact) mass is 615 g/mol. The molecule has 0 spiro atoms. The smallest absolute Gasteiger partial charge is 0.246 e. The van der Waals surface area contributed by atoms with Crippen molar-refractivity contribution in [3.63, 3.8) is 0 Å². The third-order valence-corrected chi connectivity index (χ3v) is 9.65. The van der Waals surface area contributed by atoms with E-state index in [1.165, 1.54) is 12.1 Å². The number of aryl methyl sites for hydroxylation is 1. The number of phenols is 1. The van der Waals surface area contributed by atoms with Gasteiger partial charge < -0.3 is 24.4 Å². The second-order valence-electron chi connectivity index (χ2n) is 12.1. The van der Waals surface area contributed by atoms with Crippen molar-refractivity contribution in [1.29, 1.82) is 5.26 Å². The van der Waals surface area contributed by atoms with Crippen LogP contribution in [-0.2, 0) is 4.79 Å². The van der Waals surface area contributed by atoms with Crippen molar-refractivity contribution >= 4 is 45.3 Å². The summed E-state index contributed by atoms with van der Waals surface area (Å²) < 4.78 is 18.9. The van der Waals surface area contributed by atoms with Crippen LogP contribution in [0.25, 0.3) is 33.1 Å². The number of aromatic nitrogens is 3. The van der Waals surface area contributed by atoms with Gasteiger partial charge in [0.25, 0.3) is 0 Å². The molecule has 2 fully saturated rings. The number of halogens is 2. The van der Waals surface area contributed by atoms with E-state index in [0.717, 1.165) is 29.7 Å². The van der Waals surface area contributed by atoms with Gasteiger partial charge in [-0.2, -0.15) is 5.26 Å². The molecule has 1 amide bonds. The molecule has 2 aliphatic heterocycles. The van der Waals surface area contributed by atoms with Gasteiger partial charge in [0, 0.05) is 48.7 Å². The number of likely N-dealkylation sites (N-methyl/N-ethyl adjacent to an activating group) is 1. The van der Waals surface area contributed by atoms with Crippen LogP contribution < -0.4 is 4.90 Å². The van der Waals surface area contributed by atoms with Gasteiger partial charge in [-0.1, -0.05) is 18.2 Å². The number of fused-ring (bicyclic) bond motifs is 3. The highest BCUT2D eigenvalue weighted by Gasteiger charge is 2.35. The van der Waals surface area contributed by atoms with Crippen LogP contribution in [0.1, 0.15) is 36.4 Å². The van der Waals surface area contributed by atoms with Crippen molar-refractivity contribution in [3.8, 4) is 22.9 Å². The van der Waals surface area contributed by atoms with E-state index in [1.807, 2.05) is 32.5 Å². The molecule has 4 aromatic rings. The predicted octanol–water partition coefficient (Wildman–Crippen LogP) is 5.75. The Bertz CT molecular complexity index is 1860. The number of benzene rings is 2. The summed E-state index contributed by atoms with van der Waals surface area (Å²) in [7, 11) is 4.07. The minimum absolute atomic E-state index is 0.0318. The maximum Gasteiger partial charge on any atom is 0.246 e. The van der Waals surface area contributed by atoms with E-state index in [-0.39, 0.29) is 46.3 Å². The van der Waals surface area contributed by atoms with Crippen LogP contribution in [0, 0.1) is 31.0 Å². The molecule has 11 heteroatoms. The minimum Gasteiger partial charge on any atom is -0.508 e. The number of likely N-dealkylation sites (tertiary alicyclic amines) is 1. The number of carbonyl (C=O) groups excluding carboxylic acids is 1. The fourth-order valence-electron chi connectivity index (χ4n) is 6.64. The second kappa shape index (κ2) is 11.4. The number of hydrogen-bond donors (Lipinski definition) is 1. The Morgan fingerprint density at radius 3 is 2.70 bits per heavy atom. The number of pyridine rings is 1. The van der Waals surface area contributed by atoms with Gasteiger partial charge in [-0.3, -0.25) is 4.79 Å². The zero-order valence-corrected chi connectivity index (χ0v) is 26.1. The number of hydrogen-bond acceptors (Lipinski definition) is 7. The molecular formula is C33H35ClFN7O2. The topological polar surface area (TPSA) is 102 Å². The lowest BCUT2D eigenvalue weighted by atomic mass is 9.93. The van der Waals surface area contributed by atoms with E-state index < -0.39 is 5.82 Å². The third kappa shape index (κ3) is 4.84. The van der Waals surface area contributed by atoms with Gasteiger partial charge in [0.2, 0.25) is 5.91 Å². The molecule has 0 aliphatic carbocycles. The van der Waals surface area contributed by atoms with Crippen LogP contribution in [0.3, 0.4) is 0 Å². The Balaban J connectivity index is 1.56. The number of carbonyl (C=O) groups is 1. The first kappa shape index (κ1) is 29.9. The molecule has 228 valence electrons. The fourth-order valence-corrected chi connectivity index (χ4v) is 6.93. The van der Waals surface area contributed by atoms with Gasteiger partial charge in [0.15, 0.2) is 11.6 Å². The van der Waals surface area contributed by atoms with Gasteiger partial charge >= 0.3 is 0 Å². The Morgan fingerprint density at radius 1 is 1.27 bits per heavy atom. The van der Waals surface area contributed by atoms with Crippen molar-refractivity contribution in [2.75, 3.05) is 38.6 Å². The molecule has 2 aromatic carbocycles. The van der Waals surface area contributed by atoms with Crippen LogP contribution in [0.15, 0.2) is 37.2 Å². The predicted molar refractivity (Wildman–Crippen MR) is 170 cm³/mol. The summed E-state index contributed by atoms with van der Waals surface area (Å²) in [6, 6.07) is 7.11. The Hall–Kier alpha value is -4.20. The average Bonchev–Trinajstić information content (AvgIpc) is 3.40. The number of piperidine rings is 1. The van der Waals surface area contributed by atoms with Gasteiger partial charge in [-0.05, 0) is 81.7 Å². The highest BCUT2D eigenvalue weighted by molar-refractivity contribution is 6.35. The number of imidazole rings is 1. The molecule has 2 aromatic heterocycles. The van der Waals surface area contributed by atoms with Crippen molar-refractivity contribution < 1.29 is 14.3 Å². The average molecular weight is 616 g/mol. The van der Waals surface area contributed by atoms with Gasteiger partial charge in [0.1, 0.15) is 16.8 Å². The molecule has 2 aliphatic rings. The lowest BCUT2D eigenvalue weighted by molar-refractivity contribution is -0.130. The Kier molecular flexibility index (Phi) is 7.72. The van der Waals surface area contributed by atoms with Crippen LogP contribution in [0.5, 0.6) is 5.75 Å². The van der Waals surface area contributed by atoms with E-state index in [0.29, 0.717) is 47.7 Å². The van der Waals surface area contributed by atoms with Gasteiger partial charge in [0.05, 0.1) is 29.4 Å². The number of aromatic hydroxyl groups is 1. The normalized spacial score (nSPS) is 19.0. The Morgan fingerprint density at radius 2 is 2.02 bits per heavy atom. The number of amides is 1. The summed E-state index contributed by atoms with van der Waals surface area (Å²) in [5, 5.41) is 20.6. The van der Waals surface area contributed by atoms with Crippen LogP contribution in [0.2, 0.25) is 5.02 Å². The molecule has 44 heavy (non-hydrogen) atoms. The number of rotatable bonds is 6. The van der Waals surface area contributed by atoms with Gasteiger partial charge in [-0.25, -0.2) is 14.4 Å². The summed E-state index contributed by atoms with van der Waals surface area (Å²) in [6.45, 7) is 9.29. The van der Waals surface area contributed by atoms with Crippen molar-refractivity contribution in [2.45, 2.75) is 51.2 Å². The summed E-state index contributed by atoms with van der Waals surface area (Å²) in [5.41, 5.74) is 3.90. The number of nitriles is 1. The molecule has 0 saturated carbocycles. The van der Waals surface area contributed by atoms with Crippen molar-refractivity contribution in [3.05, 3.63) is 59.1 Å². The standard InChI is InChI=1S/C33H35ClFN7O2/c1-6-27(44)41-10-8-21(12-20(41)7-9-36)42-17-37-31-32(42)25-14-26(34)28(24-13-23(43)11-18(2)19(24)3)29(35)30(25)38-33(31)40-15-22(16-40)39(4)5/h6,11,13-14,17,20-22,43H,1,7-8,10,12,15-16H2,2-5H3. The van der Waals surface area contributed by atoms with Crippen LogP contribution in [-0.4, -0.2) is 81.2 Å². The lowest BCUT2D eigenvalue weighted by Crippen LogP contribution is -2.57. The lowest BCUT2D eigenvalue weighted by Gasteiger charge is -2.43. The first-order valence-corrected chi connectivity index (χ1v) is 15.1. The summed E-state index contributed by atoms with van der Waals surface area (Å²) in [5.74, 6) is -0.115. The molecule has 2 atom stereocenters. The maximum atomic E-state index is 16.8.